The monoisotopic (exact) mass is 424 g/mol. The van der Waals surface area contributed by atoms with Crippen LogP contribution in [0, 0.1) is 0 Å². The molecule has 3 aliphatic rings. The van der Waals surface area contributed by atoms with E-state index in [4.69, 9.17) is 15.0 Å². The van der Waals surface area contributed by atoms with Crippen LogP contribution in [0.15, 0.2) is 29.6 Å². The van der Waals surface area contributed by atoms with Crippen molar-refractivity contribution in [2.45, 2.75) is 49.3 Å². The Morgan fingerprint density at radius 1 is 1.00 bits per heavy atom. The van der Waals surface area contributed by atoms with E-state index in [1.54, 1.807) is 11.8 Å². The largest absolute Gasteiger partial charge is 0.354 e. The number of rotatable bonds is 4. The van der Waals surface area contributed by atoms with E-state index in [0.29, 0.717) is 12.1 Å². The number of pyridine rings is 1. The summed E-state index contributed by atoms with van der Waals surface area (Å²) in [7, 11) is 2.20. The number of likely N-dealkylation sites (tertiary alicyclic amines) is 1. The molecule has 0 amide bonds. The number of piperazine rings is 1. The van der Waals surface area contributed by atoms with Crippen molar-refractivity contribution in [3.8, 4) is 0 Å². The molecule has 4 heterocycles. The summed E-state index contributed by atoms with van der Waals surface area (Å²) < 4.78 is 0. The minimum Gasteiger partial charge on any atom is -0.354 e. The quantitative estimate of drug-likeness (QED) is 0.549. The van der Waals surface area contributed by atoms with Crippen LogP contribution >= 0.6 is 11.8 Å². The van der Waals surface area contributed by atoms with Gasteiger partial charge in [-0.2, -0.15) is 0 Å². The Morgan fingerprint density at radius 2 is 1.83 bits per heavy atom. The van der Waals surface area contributed by atoms with Crippen LogP contribution in [-0.4, -0.2) is 70.8 Å². The van der Waals surface area contributed by atoms with Gasteiger partial charge in [0.1, 0.15) is 5.82 Å². The fourth-order valence-corrected chi connectivity index (χ4v) is 5.66. The summed E-state index contributed by atoms with van der Waals surface area (Å²) >= 11 is 1.66. The average Bonchev–Trinajstić information content (AvgIpc) is 3.28. The zero-order chi connectivity index (χ0) is 20.5. The Labute approximate surface area is 184 Å². The number of likely N-dealkylation sites (N-methyl/N-ethyl adjacent to an activating group) is 1. The first-order chi connectivity index (χ1) is 14.7. The predicted octanol–water partition coefficient (Wildman–Crippen LogP) is 3.56. The Hall–Kier alpha value is -1.70. The van der Waals surface area contributed by atoms with Gasteiger partial charge in [0.15, 0.2) is 5.16 Å². The van der Waals surface area contributed by atoms with Gasteiger partial charge in [-0.3, -0.25) is 9.88 Å². The highest BCUT2D eigenvalue weighted by molar-refractivity contribution is 7.98. The lowest BCUT2D eigenvalue weighted by Crippen LogP contribution is -2.45. The molecule has 160 valence electrons. The number of anilines is 1. The molecule has 1 aliphatic carbocycles. The number of hydrogen-bond acceptors (Lipinski definition) is 7. The van der Waals surface area contributed by atoms with Crippen molar-refractivity contribution in [1.29, 1.82) is 0 Å². The molecule has 2 aliphatic heterocycles. The molecule has 2 atom stereocenters. The highest BCUT2D eigenvalue weighted by atomic mass is 32.2. The van der Waals surface area contributed by atoms with E-state index < -0.39 is 0 Å². The first-order valence-electron chi connectivity index (χ1n) is 11.3. The summed E-state index contributed by atoms with van der Waals surface area (Å²) in [5.41, 5.74) is 3.93. The summed E-state index contributed by atoms with van der Waals surface area (Å²) in [6.07, 6.45) is 10.1. The van der Waals surface area contributed by atoms with E-state index in [9.17, 15) is 0 Å². The molecule has 0 aromatic carbocycles. The summed E-state index contributed by atoms with van der Waals surface area (Å²) in [6, 6.07) is 7.41. The van der Waals surface area contributed by atoms with Crippen molar-refractivity contribution in [3.63, 3.8) is 0 Å². The van der Waals surface area contributed by atoms with Gasteiger partial charge >= 0.3 is 0 Å². The molecule has 0 bridgehead atoms. The van der Waals surface area contributed by atoms with E-state index in [-0.39, 0.29) is 0 Å². The van der Waals surface area contributed by atoms with E-state index >= 15 is 0 Å². The molecule has 7 heteroatoms. The van der Waals surface area contributed by atoms with Crippen LogP contribution in [-0.2, 0) is 6.42 Å². The fraction of sp³-hybridized carbons (Fsp3) is 0.609. The van der Waals surface area contributed by atoms with Crippen molar-refractivity contribution in [1.82, 2.24) is 24.8 Å². The smallest absolute Gasteiger partial charge is 0.189 e. The second-order valence-electron chi connectivity index (χ2n) is 8.78. The topological polar surface area (TPSA) is 48.4 Å². The lowest BCUT2D eigenvalue weighted by atomic mass is 9.90. The number of fused-ring (bicyclic) bond motifs is 1. The molecule has 0 unspecified atom stereocenters. The van der Waals surface area contributed by atoms with E-state index in [2.05, 4.69) is 46.2 Å². The maximum Gasteiger partial charge on any atom is 0.189 e. The third kappa shape index (κ3) is 3.95. The zero-order valence-corrected chi connectivity index (χ0v) is 18.9. The summed E-state index contributed by atoms with van der Waals surface area (Å²) in [6.45, 7) is 5.39. The van der Waals surface area contributed by atoms with Gasteiger partial charge < -0.3 is 9.80 Å². The molecule has 0 saturated carbocycles. The van der Waals surface area contributed by atoms with Crippen molar-refractivity contribution in [2.24, 2.45) is 0 Å². The van der Waals surface area contributed by atoms with Gasteiger partial charge in [-0.1, -0.05) is 17.8 Å². The molecule has 0 spiro atoms. The lowest BCUT2D eigenvalue weighted by Gasteiger charge is -2.36. The highest BCUT2D eigenvalue weighted by Crippen LogP contribution is 2.43. The SMILES string of the molecule is CSc1nc([C@@H]2CCCN2[C@@H]2CCCc3cccnc32)cc(N2CCN(C)CC2)n1. The van der Waals surface area contributed by atoms with Gasteiger partial charge in [0.2, 0.25) is 0 Å². The molecule has 2 aromatic rings. The Kier molecular flexibility index (Phi) is 5.94. The molecule has 0 radical (unpaired) electrons. The molecular formula is C23H32N6S. The van der Waals surface area contributed by atoms with Gasteiger partial charge in [-0.05, 0) is 63.6 Å². The van der Waals surface area contributed by atoms with Gasteiger partial charge in [0.05, 0.1) is 23.5 Å². The molecular weight excluding hydrogens is 392 g/mol. The first kappa shape index (κ1) is 20.2. The van der Waals surface area contributed by atoms with Crippen LogP contribution < -0.4 is 4.90 Å². The van der Waals surface area contributed by atoms with Crippen LogP contribution in [0.4, 0.5) is 5.82 Å². The Bertz CT molecular complexity index is 882. The second kappa shape index (κ2) is 8.81. The maximum atomic E-state index is 5.00. The molecule has 5 rings (SSSR count). The zero-order valence-electron chi connectivity index (χ0n) is 18.1. The van der Waals surface area contributed by atoms with Crippen molar-refractivity contribution < 1.29 is 0 Å². The van der Waals surface area contributed by atoms with Crippen LogP contribution in [0.1, 0.15) is 54.7 Å². The number of aryl methyl sites for hydroxylation is 1. The third-order valence-electron chi connectivity index (χ3n) is 6.92. The minimum absolute atomic E-state index is 0.364. The normalized spacial score (nSPS) is 25.5. The molecule has 6 nitrogen and oxygen atoms in total. The molecule has 2 fully saturated rings. The van der Waals surface area contributed by atoms with E-state index in [1.165, 1.54) is 42.6 Å². The first-order valence-corrected chi connectivity index (χ1v) is 12.5. The maximum absolute atomic E-state index is 5.00. The number of thioether (sulfide) groups is 1. The van der Waals surface area contributed by atoms with Crippen molar-refractivity contribution in [3.05, 3.63) is 41.3 Å². The third-order valence-corrected chi connectivity index (χ3v) is 7.47. The van der Waals surface area contributed by atoms with Crippen LogP contribution in [0.25, 0.3) is 0 Å². The standard InChI is InChI=1S/C23H32N6S/c1-27-12-14-28(15-13-27)21-16-18(25-23(26-21)30-2)19-9-5-11-29(19)20-8-3-6-17-7-4-10-24-22(17)20/h4,7,10,16,19-20H,3,5-6,8-9,11-15H2,1-2H3/t19-,20+/m0/s1. The number of hydrogen-bond donors (Lipinski definition) is 0. The Balaban J connectivity index is 1.45. The summed E-state index contributed by atoms with van der Waals surface area (Å²) in [5, 5.41) is 0.899. The van der Waals surface area contributed by atoms with Crippen LogP contribution in [0.2, 0.25) is 0 Å². The molecule has 2 aromatic heterocycles. The van der Waals surface area contributed by atoms with Gasteiger partial charge in [0, 0.05) is 38.4 Å². The highest BCUT2D eigenvalue weighted by Gasteiger charge is 2.36. The van der Waals surface area contributed by atoms with Gasteiger partial charge in [0.25, 0.3) is 0 Å². The Morgan fingerprint density at radius 3 is 2.67 bits per heavy atom. The average molecular weight is 425 g/mol. The number of aromatic nitrogens is 3. The molecule has 30 heavy (non-hydrogen) atoms. The molecule has 0 N–H and O–H groups in total. The lowest BCUT2D eigenvalue weighted by molar-refractivity contribution is 0.156. The fourth-order valence-electron chi connectivity index (χ4n) is 5.28. The van der Waals surface area contributed by atoms with Crippen molar-refractivity contribution in [2.75, 3.05) is 50.9 Å². The second-order valence-corrected chi connectivity index (χ2v) is 9.55. The molecule has 2 saturated heterocycles. The van der Waals surface area contributed by atoms with Crippen LogP contribution in [0.3, 0.4) is 0 Å². The van der Waals surface area contributed by atoms with Gasteiger partial charge in [-0.25, -0.2) is 9.97 Å². The van der Waals surface area contributed by atoms with E-state index in [0.717, 1.165) is 50.1 Å². The van der Waals surface area contributed by atoms with Gasteiger partial charge in [-0.15, -0.1) is 0 Å². The number of nitrogens with zero attached hydrogens (tertiary/aromatic N) is 6. The summed E-state index contributed by atoms with van der Waals surface area (Å²) in [5.74, 6) is 1.10. The summed E-state index contributed by atoms with van der Waals surface area (Å²) in [4.78, 5) is 22.2. The van der Waals surface area contributed by atoms with E-state index in [1.807, 2.05) is 6.20 Å². The van der Waals surface area contributed by atoms with Crippen molar-refractivity contribution >= 4 is 17.6 Å². The van der Waals surface area contributed by atoms with Crippen LogP contribution in [0.5, 0.6) is 0 Å². The predicted molar refractivity (Wildman–Crippen MR) is 122 cm³/mol. The minimum atomic E-state index is 0.364.